The van der Waals surface area contributed by atoms with Gasteiger partial charge in [0.15, 0.2) is 0 Å². The van der Waals surface area contributed by atoms with Gasteiger partial charge in [0.05, 0.1) is 0 Å². The summed E-state index contributed by atoms with van der Waals surface area (Å²) in [6.07, 6.45) is 5.71. The summed E-state index contributed by atoms with van der Waals surface area (Å²) in [4.78, 5) is 0. The van der Waals surface area contributed by atoms with Crippen LogP contribution in [-0.2, 0) is 0 Å². The highest BCUT2D eigenvalue weighted by molar-refractivity contribution is 5.22. The maximum Gasteiger partial charge on any atom is 0.0362 e. The van der Waals surface area contributed by atoms with Crippen LogP contribution < -0.4 is 5.32 Å². The van der Waals surface area contributed by atoms with Gasteiger partial charge in [0, 0.05) is 5.70 Å². The Balaban J connectivity index is 4.26. The summed E-state index contributed by atoms with van der Waals surface area (Å²) in [5.74, 6) is 0. The van der Waals surface area contributed by atoms with Crippen molar-refractivity contribution in [3.05, 3.63) is 36.2 Å². The molecule has 10 heavy (non-hydrogen) atoms. The van der Waals surface area contributed by atoms with Crippen molar-refractivity contribution in [3.8, 4) is 0 Å². The predicted molar refractivity (Wildman–Crippen MR) is 46.5 cm³/mol. The minimum Gasteiger partial charge on any atom is -0.362 e. The smallest absolute Gasteiger partial charge is 0.0362 e. The summed E-state index contributed by atoms with van der Waals surface area (Å²) in [5.41, 5.74) is 2.38. The summed E-state index contributed by atoms with van der Waals surface area (Å²) >= 11 is 0. The van der Waals surface area contributed by atoms with Crippen molar-refractivity contribution in [3.63, 3.8) is 0 Å². The molecule has 0 aliphatic heterocycles. The van der Waals surface area contributed by atoms with Crippen LogP contribution in [0.2, 0.25) is 0 Å². The minimum atomic E-state index is 1.12. The van der Waals surface area contributed by atoms with Crippen LogP contribution in [0.3, 0.4) is 0 Å². The molecular weight excluding hydrogens is 122 g/mol. The molecule has 0 unspecified atom stereocenters. The highest BCUT2D eigenvalue weighted by Crippen LogP contribution is 2.00. The molecule has 0 aliphatic carbocycles. The van der Waals surface area contributed by atoms with Gasteiger partial charge in [-0.15, -0.1) is 0 Å². The van der Waals surface area contributed by atoms with E-state index < -0.39 is 0 Å². The summed E-state index contributed by atoms with van der Waals surface area (Å²) in [6.45, 7) is 9.70. The second-order valence-electron chi connectivity index (χ2n) is 2.26. The van der Waals surface area contributed by atoms with Crippen LogP contribution in [0.15, 0.2) is 36.2 Å². The van der Waals surface area contributed by atoms with Crippen molar-refractivity contribution in [1.29, 1.82) is 0 Å². The lowest BCUT2D eigenvalue weighted by Crippen LogP contribution is -2.02. The quantitative estimate of drug-likeness (QED) is 0.589. The van der Waals surface area contributed by atoms with Crippen LogP contribution in [0.5, 0.6) is 0 Å². The molecule has 0 heterocycles. The normalized spacial score (nSPS) is 9.50. The van der Waals surface area contributed by atoms with Crippen molar-refractivity contribution in [2.75, 3.05) is 0 Å². The molecule has 0 saturated carbocycles. The molecule has 0 spiro atoms. The molecule has 0 rings (SSSR count). The van der Waals surface area contributed by atoms with E-state index in [4.69, 9.17) is 0 Å². The molecule has 0 bridgehead atoms. The standard InChI is InChI=1S/C9H15N/c1-5-7-9(8(3)4)10-6-2/h5-7,10H,2H2,1,3-4H3/b7-5-. The Hall–Kier alpha value is -0.980. The molecule has 0 aromatic rings. The zero-order chi connectivity index (χ0) is 7.98. The van der Waals surface area contributed by atoms with E-state index in [0.29, 0.717) is 0 Å². The summed E-state index contributed by atoms with van der Waals surface area (Å²) in [7, 11) is 0. The van der Waals surface area contributed by atoms with E-state index >= 15 is 0 Å². The van der Waals surface area contributed by atoms with E-state index in [1.807, 2.05) is 19.1 Å². The summed E-state index contributed by atoms with van der Waals surface area (Å²) in [5, 5.41) is 3.04. The molecular formula is C9H15N. The third kappa shape index (κ3) is 3.13. The first-order valence-electron chi connectivity index (χ1n) is 3.40. The third-order valence-corrected chi connectivity index (χ3v) is 1.13. The van der Waals surface area contributed by atoms with Crippen LogP contribution in [-0.4, -0.2) is 0 Å². The van der Waals surface area contributed by atoms with Crippen molar-refractivity contribution in [2.45, 2.75) is 20.8 Å². The number of hydrogen-bond acceptors (Lipinski definition) is 1. The van der Waals surface area contributed by atoms with Crippen LogP contribution in [0.4, 0.5) is 0 Å². The molecule has 1 N–H and O–H groups in total. The van der Waals surface area contributed by atoms with E-state index in [0.717, 1.165) is 5.70 Å². The number of nitrogens with one attached hydrogen (secondary N) is 1. The second-order valence-corrected chi connectivity index (χ2v) is 2.26. The molecule has 0 atom stereocenters. The highest BCUT2D eigenvalue weighted by atomic mass is 14.8. The van der Waals surface area contributed by atoms with Gasteiger partial charge in [-0.3, -0.25) is 0 Å². The minimum absolute atomic E-state index is 1.12. The monoisotopic (exact) mass is 137 g/mol. The van der Waals surface area contributed by atoms with Gasteiger partial charge < -0.3 is 5.32 Å². The zero-order valence-electron chi connectivity index (χ0n) is 6.94. The molecule has 0 saturated heterocycles. The lowest BCUT2D eigenvalue weighted by atomic mass is 10.2. The van der Waals surface area contributed by atoms with Gasteiger partial charge in [-0.25, -0.2) is 0 Å². The van der Waals surface area contributed by atoms with Gasteiger partial charge >= 0.3 is 0 Å². The van der Waals surface area contributed by atoms with Gasteiger partial charge in [0.25, 0.3) is 0 Å². The Labute approximate surface area is 63.1 Å². The van der Waals surface area contributed by atoms with E-state index in [2.05, 4.69) is 25.7 Å². The molecule has 0 aliphatic rings. The van der Waals surface area contributed by atoms with Crippen molar-refractivity contribution >= 4 is 0 Å². The predicted octanol–water partition coefficient (Wildman–Crippen LogP) is 2.59. The van der Waals surface area contributed by atoms with Gasteiger partial charge in [-0.2, -0.15) is 0 Å². The van der Waals surface area contributed by atoms with Crippen LogP contribution in [0.25, 0.3) is 0 Å². The molecule has 0 fully saturated rings. The Morgan fingerprint density at radius 1 is 1.40 bits per heavy atom. The maximum absolute atomic E-state index is 3.59. The van der Waals surface area contributed by atoms with Gasteiger partial charge in [-0.1, -0.05) is 18.2 Å². The molecule has 0 aromatic carbocycles. The Bertz CT molecular complexity index is 160. The lowest BCUT2D eigenvalue weighted by molar-refractivity contribution is 1.07. The van der Waals surface area contributed by atoms with Crippen LogP contribution in [0.1, 0.15) is 20.8 Å². The second kappa shape index (κ2) is 4.86. The van der Waals surface area contributed by atoms with Crippen LogP contribution in [0, 0.1) is 0 Å². The average molecular weight is 137 g/mol. The Morgan fingerprint density at radius 2 is 2.00 bits per heavy atom. The Kier molecular flexibility index (Phi) is 4.38. The fourth-order valence-electron chi connectivity index (χ4n) is 0.636. The molecule has 0 amide bonds. The topological polar surface area (TPSA) is 12.0 Å². The summed E-state index contributed by atoms with van der Waals surface area (Å²) < 4.78 is 0. The van der Waals surface area contributed by atoms with Gasteiger partial charge in [0.1, 0.15) is 0 Å². The molecule has 0 aromatic heterocycles. The third-order valence-electron chi connectivity index (χ3n) is 1.13. The fraction of sp³-hybridized carbons (Fsp3) is 0.333. The lowest BCUT2D eigenvalue weighted by Gasteiger charge is -2.02. The maximum atomic E-state index is 3.59. The van der Waals surface area contributed by atoms with E-state index in [-0.39, 0.29) is 0 Å². The largest absolute Gasteiger partial charge is 0.362 e. The van der Waals surface area contributed by atoms with Crippen LogP contribution >= 0.6 is 0 Å². The number of rotatable bonds is 3. The van der Waals surface area contributed by atoms with E-state index in [1.54, 1.807) is 6.20 Å². The van der Waals surface area contributed by atoms with Crippen molar-refractivity contribution < 1.29 is 0 Å². The highest BCUT2D eigenvalue weighted by Gasteiger charge is 1.87. The Morgan fingerprint density at radius 3 is 2.30 bits per heavy atom. The SMILES string of the molecule is C=CNC(/C=C\C)=C(C)C. The first-order chi connectivity index (χ1) is 4.72. The molecule has 1 heteroatoms. The number of hydrogen-bond donors (Lipinski definition) is 1. The fourth-order valence-corrected chi connectivity index (χ4v) is 0.636. The molecule has 1 nitrogen and oxygen atoms in total. The first-order valence-corrected chi connectivity index (χ1v) is 3.40. The van der Waals surface area contributed by atoms with Crippen molar-refractivity contribution in [2.24, 2.45) is 0 Å². The molecule has 0 radical (unpaired) electrons. The van der Waals surface area contributed by atoms with Crippen molar-refractivity contribution in [1.82, 2.24) is 5.32 Å². The first kappa shape index (κ1) is 9.02. The average Bonchev–Trinajstić information content (AvgIpc) is 1.87. The zero-order valence-corrected chi connectivity index (χ0v) is 6.94. The number of allylic oxidation sites excluding steroid dienone is 3. The summed E-state index contributed by atoms with van der Waals surface area (Å²) in [6, 6.07) is 0. The van der Waals surface area contributed by atoms with E-state index in [1.165, 1.54) is 5.57 Å². The van der Waals surface area contributed by atoms with Gasteiger partial charge in [-0.05, 0) is 33.0 Å². The molecule has 56 valence electrons. The van der Waals surface area contributed by atoms with E-state index in [9.17, 15) is 0 Å². The van der Waals surface area contributed by atoms with Gasteiger partial charge in [0.2, 0.25) is 0 Å².